The second-order valence-electron chi connectivity index (χ2n) is 3.01. The molecule has 0 bridgehead atoms. The van der Waals surface area contributed by atoms with Gasteiger partial charge >= 0.3 is 12.1 Å². The van der Waals surface area contributed by atoms with Crippen molar-refractivity contribution in [1.29, 1.82) is 0 Å². The Hall–Kier alpha value is -1.46. The summed E-state index contributed by atoms with van der Waals surface area (Å²) in [6.07, 6.45) is -0.454. The number of nitrogens with zero attached hydrogens (tertiary/aromatic N) is 2. The smallest absolute Gasteiger partial charge is 0.314 e. The van der Waals surface area contributed by atoms with Gasteiger partial charge in [-0.3, -0.25) is 0 Å². The lowest BCUT2D eigenvalue weighted by molar-refractivity contribution is 0.193. The van der Waals surface area contributed by atoms with Crippen LogP contribution in [0.25, 0.3) is 0 Å². The average molecular weight is 170 g/mol. The maximum Gasteiger partial charge on any atom is 0.323 e. The van der Waals surface area contributed by atoms with Crippen molar-refractivity contribution < 1.29 is 9.59 Å². The Morgan fingerprint density at radius 1 is 1.08 bits per heavy atom. The highest BCUT2D eigenvalue weighted by molar-refractivity contribution is 5.84. The Morgan fingerprint density at radius 3 is 1.92 bits per heavy atom. The van der Waals surface area contributed by atoms with E-state index in [0.717, 1.165) is 0 Å². The van der Waals surface area contributed by atoms with Crippen molar-refractivity contribution >= 4 is 12.1 Å². The monoisotopic (exact) mass is 170 g/mol. The molecule has 12 heavy (non-hydrogen) atoms. The molecule has 0 aromatic rings. The summed E-state index contributed by atoms with van der Waals surface area (Å²) >= 11 is 0. The lowest BCUT2D eigenvalue weighted by atomic mass is 10.4. The van der Waals surface area contributed by atoms with Crippen LogP contribution < -0.4 is 10.6 Å². The summed E-state index contributed by atoms with van der Waals surface area (Å²) in [6, 6.07) is -0.311. The molecule has 0 unspecified atom stereocenters. The van der Waals surface area contributed by atoms with Crippen LogP contribution in [-0.4, -0.2) is 48.3 Å². The van der Waals surface area contributed by atoms with Crippen molar-refractivity contribution in [3.05, 3.63) is 0 Å². The molecule has 2 N–H and O–H groups in total. The quantitative estimate of drug-likeness (QED) is 0.487. The third-order valence-electron chi connectivity index (χ3n) is 2.29. The minimum Gasteiger partial charge on any atom is -0.314 e. The third kappa shape index (κ3) is 0.689. The molecule has 6 heteroatoms. The molecule has 2 aliphatic heterocycles. The molecule has 0 saturated carbocycles. The highest BCUT2D eigenvalue weighted by Crippen LogP contribution is 2.18. The summed E-state index contributed by atoms with van der Waals surface area (Å²) in [5.74, 6) is 0. The number of amides is 4. The summed E-state index contributed by atoms with van der Waals surface area (Å²) in [7, 11) is 3.33. The van der Waals surface area contributed by atoms with Crippen LogP contribution in [0.4, 0.5) is 9.59 Å². The fourth-order valence-electron chi connectivity index (χ4n) is 1.57. The number of carbonyl (C=O) groups excluding carboxylic acids is 2. The van der Waals surface area contributed by atoms with E-state index in [1.54, 1.807) is 14.1 Å². The Bertz CT molecular complexity index is 232. The third-order valence-corrected chi connectivity index (χ3v) is 2.29. The zero-order chi connectivity index (χ0) is 8.88. The van der Waals surface area contributed by atoms with Gasteiger partial charge in [-0.1, -0.05) is 0 Å². The van der Waals surface area contributed by atoms with Gasteiger partial charge in [0.25, 0.3) is 0 Å². The second kappa shape index (κ2) is 2.02. The van der Waals surface area contributed by atoms with E-state index < -0.39 is 0 Å². The van der Waals surface area contributed by atoms with E-state index >= 15 is 0 Å². The molecule has 0 aromatic heterocycles. The zero-order valence-corrected chi connectivity index (χ0v) is 6.87. The van der Waals surface area contributed by atoms with Gasteiger partial charge in [-0.25, -0.2) is 9.59 Å². The van der Waals surface area contributed by atoms with E-state index in [1.165, 1.54) is 9.80 Å². The van der Waals surface area contributed by atoms with Crippen LogP contribution in [0.2, 0.25) is 0 Å². The second-order valence-corrected chi connectivity index (χ2v) is 3.01. The van der Waals surface area contributed by atoms with Gasteiger partial charge in [0.15, 0.2) is 0 Å². The van der Waals surface area contributed by atoms with Crippen LogP contribution >= 0.6 is 0 Å². The minimum atomic E-state index is -0.227. The van der Waals surface area contributed by atoms with Crippen LogP contribution in [0.5, 0.6) is 0 Å². The summed E-state index contributed by atoms with van der Waals surface area (Å²) in [5.41, 5.74) is 0. The predicted octanol–water partition coefficient (Wildman–Crippen LogP) is -1.05. The minimum absolute atomic E-state index is 0.0856. The number of hydrogen-bond acceptors (Lipinski definition) is 2. The molecule has 2 atom stereocenters. The molecule has 0 spiro atoms. The molecule has 2 rings (SSSR count). The highest BCUT2D eigenvalue weighted by Gasteiger charge is 2.47. The van der Waals surface area contributed by atoms with E-state index in [-0.39, 0.29) is 24.4 Å². The number of likely N-dealkylation sites (N-methyl/N-ethyl adjacent to an activating group) is 2. The zero-order valence-electron chi connectivity index (χ0n) is 6.87. The first-order valence-electron chi connectivity index (χ1n) is 3.68. The van der Waals surface area contributed by atoms with Gasteiger partial charge in [0.05, 0.1) is 0 Å². The molecule has 66 valence electrons. The lowest BCUT2D eigenvalue weighted by Crippen LogP contribution is -2.41. The number of rotatable bonds is 0. The number of nitrogens with one attached hydrogen (secondary N) is 2. The van der Waals surface area contributed by atoms with E-state index in [0.29, 0.717) is 0 Å². The van der Waals surface area contributed by atoms with E-state index in [1.807, 2.05) is 0 Å². The van der Waals surface area contributed by atoms with Crippen LogP contribution in [-0.2, 0) is 0 Å². The fourth-order valence-corrected chi connectivity index (χ4v) is 1.57. The molecule has 2 heterocycles. The maximum absolute atomic E-state index is 11.3. The molecule has 4 amide bonds. The molecule has 0 aromatic carbocycles. The van der Waals surface area contributed by atoms with Gasteiger partial charge < -0.3 is 20.4 Å². The molecule has 2 aliphatic rings. The summed E-state index contributed by atoms with van der Waals surface area (Å²) in [4.78, 5) is 25.2. The molecule has 0 aliphatic carbocycles. The standard InChI is InChI=1S/C6H10N4O2/c1-9-3-4(8-5(11)7-3)10(2)6(9)12/h3-4H,1-2H3,(H2,7,8,11)/t3-,4-/m1/s1. The number of hydrogen-bond donors (Lipinski definition) is 2. The molecule has 2 fully saturated rings. The molecular formula is C6H10N4O2. The van der Waals surface area contributed by atoms with Gasteiger partial charge in [-0.15, -0.1) is 0 Å². The summed E-state index contributed by atoms with van der Waals surface area (Å²) in [6.45, 7) is 0. The maximum atomic E-state index is 11.3. The van der Waals surface area contributed by atoms with E-state index in [4.69, 9.17) is 0 Å². The molecular weight excluding hydrogens is 160 g/mol. The van der Waals surface area contributed by atoms with Crippen LogP contribution in [0, 0.1) is 0 Å². The van der Waals surface area contributed by atoms with Gasteiger partial charge in [0.1, 0.15) is 12.3 Å². The van der Waals surface area contributed by atoms with Crippen molar-refractivity contribution in [2.24, 2.45) is 0 Å². The lowest BCUT2D eigenvalue weighted by Gasteiger charge is -2.14. The Labute approximate surface area is 69.5 Å². The predicted molar refractivity (Wildman–Crippen MR) is 40.2 cm³/mol. The van der Waals surface area contributed by atoms with E-state index in [2.05, 4.69) is 10.6 Å². The van der Waals surface area contributed by atoms with Crippen LogP contribution in [0.3, 0.4) is 0 Å². The molecule has 2 saturated heterocycles. The van der Waals surface area contributed by atoms with Crippen molar-refractivity contribution in [3.8, 4) is 0 Å². The molecule has 0 radical (unpaired) electrons. The van der Waals surface area contributed by atoms with E-state index in [9.17, 15) is 9.59 Å². The van der Waals surface area contributed by atoms with Crippen molar-refractivity contribution in [1.82, 2.24) is 20.4 Å². The average Bonchev–Trinajstić information content (AvgIpc) is 2.49. The summed E-state index contributed by atoms with van der Waals surface area (Å²) < 4.78 is 0. The first-order chi connectivity index (χ1) is 5.61. The van der Waals surface area contributed by atoms with Crippen LogP contribution in [0.1, 0.15) is 0 Å². The van der Waals surface area contributed by atoms with Gasteiger partial charge in [0.2, 0.25) is 0 Å². The van der Waals surface area contributed by atoms with Gasteiger partial charge in [0, 0.05) is 14.1 Å². The van der Waals surface area contributed by atoms with Crippen molar-refractivity contribution in [3.63, 3.8) is 0 Å². The first-order valence-corrected chi connectivity index (χ1v) is 3.68. The summed E-state index contributed by atoms with van der Waals surface area (Å²) in [5, 5.41) is 5.28. The van der Waals surface area contributed by atoms with Crippen molar-refractivity contribution in [2.45, 2.75) is 12.3 Å². The number of fused-ring (bicyclic) bond motifs is 1. The highest BCUT2D eigenvalue weighted by atomic mass is 16.2. The molecule has 6 nitrogen and oxygen atoms in total. The van der Waals surface area contributed by atoms with Crippen LogP contribution in [0.15, 0.2) is 0 Å². The Kier molecular flexibility index (Phi) is 1.22. The largest absolute Gasteiger partial charge is 0.323 e. The fraction of sp³-hybridized carbons (Fsp3) is 0.667. The van der Waals surface area contributed by atoms with Crippen molar-refractivity contribution in [2.75, 3.05) is 14.1 Å². The first kappa shape index (κ1) is 7.20. The van der Waals surface area contributed by atoms with Gasteiger partial charge in [-0.2, -0.15) is 0 Å². The normalized spacial score (nSPS) is 33.5. The SMILES string of the molecule is CN1C(=O)N(C)[C@H]2NC(=O)N[C@@H]21. The number of carbonyl (C=O) groups is 2. The Balaban J connectivity index is 2.26. The topological polar surface area (TPSA) is 64.7 Å². The Morgan fingerprint density at radius 2 is 1.50 bits per heavy atom. The number of urea groups is 2. The van der Waals surface area contributed by atoms with Gasteiger partial charge in [-0.05, 0) is 0 Å².